The second-order valence-electron chi connectivity index (χ2n) is 13.9. The van der Waals surface area contributed by atoms with Crippen molar-refractivity contribution in [2.45, 2.75) is 88.0 Å². The van der Waals surface area contributed by atoms with Gasteiger partial charge in [0.15, 0.2) is 29.3 Å². The van der Waals surface area contributed by atoms with Gasteiger partial charge < -0.3 is 29.8 Å². The standard InChI is InChI=1S/C39H43N5O5/c1-38(2)48-32-29(23-46-39(26-17-9-4-10-18-26,27-19-11-5-12-20-27)28-21-13-6-14-22-28)47-37(33(32)49-38)44-24-41-30-34(40)42-35(43-36(30)44)31(45)25-15-7-3-8-16-25/h4-6,9-14,17-22,24-25,29,31-33,37,45H,3,7-8,15-16,23H2,1-2H3,(H2,40,42,43)/t29-,31?,32-,33-,37-/m1/s1. The number of aliphatic hydroxyl groups excluding tert-OH is 1. The minimum Gasteiger partial charge on any atom is -0.385 e. The second kappa shape index (κ2) is 12.9. The molecule has 49 heavy (non-hydrogen) atoms. The zero-order valence-corrected chi connectivity index (χ0v) is 27.9. The van der Waals surface area contributed by atoms with Gasteiger partial charge in [-0.15, -0.1) is 0 Å². The third-order valence-corrected chi connectivity index (χ3v) is 10.2. The first-order valence-corrected chi connectivity index (χ1v) is 17.3. The summed E-state index contributed by atoms with van der Waals surface area (Å²) >= 11 is 0. The van der Waals surface area contributed by atoms with Gasteiger partial charge in [0.05, 0.1) is 12.9 Å². The number of anilines is 1. The predicted molar refractivity (Wildman–Crippen MR) is 184 cm³/mol. The van der Waals surface area contributed by atoms with Crippen molar-refractivity contribution in [3.8, 4) is 0 Å². The highest BCUT2D eigenvalue weighted by Crippen LogP contribution is 2.46. The number of hydrogen-bond donors (Lipinski definition) is 2. The van der Waals surface area contributed by atoms with Crippen molar-refractivity contribution in [1.82, 2.24) is 19.5 Å². The van der Waals surface area contributed by atoms with Crippen LogP contribution in [0.5, 0.6) is 0 Å². The molecule has 3 aliphatic rings. The molecular formula is C39H43N5O5. The molecule has 2 saturated heterocycles. The summed E-state index contributed by atoms with van der Waals surface area (Å²) in [6.45, 7) is 4.02. The van der Waals surface area contributed by atoms with Crippen LogP contribution in [-0.2, 0) is 24.5 Å². The van der Waals surface area contributed by atoms with Crippen molar-refractivity contribution < 1.29 is 24.1 Å². The van der Waals surface area contributed by atoms with E-state index in [2.05, 4.69) is 46.4 Å². The molecule has 1 saturated carbocycles. The van der Waals surface area contributed by atoms with E-state index in [1.54, 1.807) is 6.33 Å². The third-order valence-electron chi connectivity index (χ3n) is 10.2. The van der Waals surface area contributed by atoms with Crippen LogP contribution in [0.1, 0.15) is 80.8 Å². The number of fused-ring (bicyclic) bond motifs is 2. The minimum absolute atomic E-state index is 0.0992. The van der Waals surface area contributed by atoms with Crippen molar-refractivity contribution in [1.29, 1.82) is 0 Å². The Bertz CT molecular complexity index is 1780. The lowest BCUT2D eigenvalue weighted by atomic mass is 9.80. The fourth-order valence-electron chi connectivity index (χ4n) is 7.93. The Labute approximate surface area is 286 Å². The number of hydrogen-bond acceptors (Lipinski definition) is 9. The maximum absolute atomic E-state index is 11.3. The number of nitrogen functional groups attached to an aromatic ring is 1. The van der Waals surface area contributed by atoms with E-state index in [1.165, 1.54) is 6.42 Å². The molecule has 1 unspecified atom stereocenters. The van der Waals surface area contributed by atoms with Gasteiger partial charge >= 0.3 is 0 Å². The Morgan fingerprint density at radius 3 is 2.02 bits per heavy atom. The molecule has 5 aromatic rings. The summed E-state index contributed by atoms with van der Waals surface area (Å²) in [4.78, 5) is 13.9. The van der Waals surface area contributed by atoms with E-state index >= 15 is 0 Å². The molecule has 2 aromatic heterocycles. The highest BCUT2D eigenvalue weighted by Gasteiger charge is 2.57. The lowest BCUT2D eigenvalue weighted by Gasteiger charge is -2.37. The highest BCUT2D eigenvalue weighted by atomic mass is 16.8. The number of ether oxygens (including phenoxy) is 4. The average Bonchev–Trinajstić information content (AvgIpc) is 3.81. The molecule has 3 fully saturated rings. The van der Waals surface area contributed by atoms with Gasteiger partial charge in [-0.1, -0.05) is 110 Å². The number of rotatable bonds is 9. The van der Waals surface area contributed by atoms with Gasteiger partial charge in [0.2, 0.25) is 0 Å². The van der Waals surface area contributed by atoms with Gasteiger partial charge in [-0.3, -0.25) is 4.57 Å². The first-order chi connectivity index (χ1) is 23.8. The molecule has 3 aromatic carbocycles. The third kappa shape index (κ3) is 5.81. The fraction of sp³-hybridized carbons (Fsp3) is 0.410. The Kier molecular flexibility index (Phi) is 8.45. The number of aromatic nitrogens is 4. The highest BCUT2D eigenvalue weighted by molar-refractivity contribution is 5.81. The van der Waals surface area contributed by atoms with Gasteiger partial charge in [0.25, 0.3) is 0 Å². The van der Waals surface area contributed by atoms with Gasteiger partial charge in [0.1, 0.15) is 35.5 Å². The van der Waals surface area contributed by atoms with Crippen LogP contribution in [0.15, 0.2) is 97.3 Å². The van der Waals surface area contributed by atoms with Crippen molar-refractivity contribution in [3.63, 3.8) is 0 Å². The van der Waals surface area contributed by atoms with Crippen LogP contribution in [0.3, 0.4) is 0 Å². The Morgan fingerprint density at radius 2 is 1.43 bits per heavy atom. The topological polar surface area (TPSA) is 127 Å². The first kappa shape index (κ1) is 32.0. The van der Waals surface area contributed by atoms with E-state index in [1.807, 2.05) is 73.0 Å². The monoisotopic (exact) mass is 661 g/mol. The Balaban J connectivity index is 1.16. The van der Waals surface area contributed by atoms with Gasteiger partial charge in [-0.05, 0) is 49.3 Å². The molecule has 0 radical (unpaired) electrons. The van der Waals surface area contributed by atoms with E-state index in [0.29, 0.717) is 17.0 Å². The molecule has 1 aliphatic carbocycles. The van der Waals surface area contributed by atoms with Crippen LogP contribution in [-0.4, -0.2) is 55.3 Å². The summed E-state index contributed by atoms with van der Waals surface area (Å²) in [6.07, 6.45) is 4.04. The van der Waals surface area contributed by atoms with E-state index < -0.39 is 42.0 Å². The molecule has 0 amide bonds. The maximum Gasteiger partial charge on any atom is 0.168 e. The molecule has 5 atom stereocenters. The Hall–Kier alpha value is -4.19. The van der Waals surface area contributed by atoms with Crippen LogP contribution in [0, 0.1) is 5.92 Å². The quantitative estimate of drug-likeness (QED) is 0.171. The molecule has 4 heterocycles. The van der Waals surface area contributed by atoms with E-state index in [0.717, 1.165) is 42.4 Å². The van der Waals surface area contributed by atoms with Gasteiger partial charge in [-0.25, -0.2) is 15.0 Å². The van der Waals surface area contributed by atoms with Crippen molar-refractivity contribution in [2.75, 3.05) is 12.3 Å². The van der Waals surface area contributed by atoms with Gasteiger partial charge in [-0.2, -0.15) is 0 Å². The average molecular weight is 662 g/mol. The number of imidazole rings is 1. The number of nitrogens with zero attached hydrogens (tertiary/aromatic N) is 4. The van der Waals surface area contributed by atoms with Crippen molar-refractivity contribution >= 4 is 17.0 Å². The molecule has 8 rings (SSSR count). The lowest BCUT2D eigenvalue weighted by molar-refractivity contribution is -0.204. The predicted octanol–water partition coefficient (Wildman–Crippen LogP) is 6.45. The Morgan fingerprint density at radius 1 is 0.857 bits per heavy atom. The minimum atomic E-state index is -0.927. The number of nitrogens with two attached hydrogens (primary N) is 1. The fourth-order valence-corrected chi connectivity index (χ4v) is 7.93. The van der Waals surface area contributed by atoms with E-state index in [-0.39, 0.29) is 18.3 Å². The molecule has 10 heteroatoms. The second-order valence-corrected chi connectivity index (χ2v) is 13.9. The summed E-state index contributed by atoms with van der Waals surface area (Å²) in [7, 11) is 0. The zero-order valence-electron chi connectivity index (χ0n) is 27.9. The number of benzene rings is 3. The SMILES string of the molecule is CC1(C)O[C@@H]2[C@H](O1)[C@@H](COC(c1ccccc1)(c1ccccc1)c1ccccc1)O[C@H]2n1cnc2c(N)nc(C(O)C3CCCCC3)nc21. The first-order valence-electron chi connectivity index (χ1n) is 17.3. The molecule has 0 spiro atoms. The summed E-state index contributed by atoms with van der Waals surface area (Å²) in [5, 5.41) is 11.3. The molecule has 10 nitrogen and oxygen atoms in total. The van der Waals surface area contributed by atoms with Crippen molar-refractivity contribution in [3.05, 3.63) is 120 Å². The van der Waals surface area contributed by atoms with Gasteiger partial charge in [0, 0.05) is 0 Å². The smallest absolute Gasteiger partial charge is 0.168 e. The van der Waals surface area contributed by atoms with Crippen LogP contribution in [0.4, 0.5) is 5.82 Å². The van der Waals surface area contributed by atoms with Crippen LogP contribution in [0.25, 0.3) is 11.2 Å². The molecular weight excluding hydrogens is 618 g/mol. The lowest BCUT2D eigenvalue weighted by Crippen LogP contribution is -2.39. The van der Waals surface area contributed by atoms with E-state index in [9.17, 15) is 5.11 Å². The normalized spacial score (nSPS) is 24.6. The summed E-state index contributed by atoms with van der Waals surface area (Å²) < 4.78 is 28.8. The van der Waals surface area contributed by atoms with Crippen LogP contribution in [0.2, 0.25) is 0 Å². The molecule has 2 aliphatic heterocycles. The summed E-state index contributed by atoms with van der Waals surface area (Å²) in [6, 6.07) is 30.8. The molecule has 254 valence electrons. The molecule has 3 N–H and O–H groups in total. The summed E-state index contributed by atoms with van der Waals surface area (Å²) in [5.74, 6) is -0.208. The van der Waals surface area contributed by atoms with Crippen molar-refractivity contribution in [2.24, 2.45) is 5.92 Å². The largest absolute Gasteiger partial charge is 0.385 e. The van der Waals surface area contributed by atoms with Crippen LogP contribution >= 0.6 is 0 Å². The summed E-state index contributed by atoms with van der Waals surface area (Å²) in [5.41, 5.74) is 9.43. The molecule has 0 bridgehead atoms. The zero-order chi connectivity index (χ0) is 33.6. The maximum atomic E-state index is 11.3. The number of aliphatic hydroxyl groups is 1. The van der Waals surface area contributed by atoms with Crippen LogP contribution < -0.4 is 5.73 Å². The van der Waals surface area contributed by atoms with E-state index in [4.69, 9.17) is 29.7 Å².